The lowest BCUT2D eigenvalue weighted by Crippen LogP contribution is -2.12. The smallest absolute Gasteiger partial charge is 0.269 e. The van der Waals surface area contributed by atoms with E-state index in [1.54, 1.807) is 0 Å². The predicted molar refractivity (Wildman–Crippen MR) is 54.7 cm³/mol. The van der Waals surface area contributed by atoms with Crippen LogP contribution in [0.3, 0.4) is 0 Å². The Hall–Kier alpha value is -1.30. The van der Waals surface area contributed by atoms with E-state index in [0.29, 0.717) is 0 Å². The summed E-state index contributed by atoms with van der Waals surface area (Å²) in [6, 6.07) is 1.06. The number of aryl methyl sites for hydroxylation is 1. The maximum atomic E-state index is 13.5. The monoisotopic (exact) mass is 274 g/mol. The van der Waals surface area contributed by atoms with E-state index in [1.807, 2.05) is 0 Å². The lowest BCUT2D eigenvalue weighted by Gasteiger charge is -2.02. The van der Waals surface area contributed by atoms with Crippen LogP contribution in [0.2, 0.25) is 0 Å². The molecule has 0 aliphatic heterocycles. The van der Waals surface area contributed by atoms with Gasteiger partial charge in [-0.05, 0) is 22.9 Å². The molecule has 2 aromatic rings. The van der Waals surface area contributed by atoms with E-state index in [4.69, 9.17) is 0 Å². The van der Waals surface area contributed by atoms with Gasteiger partial charge in [0.1, 0.15) is 17.0 Å². The zero-order chi connectivity index (χ0) is 11.2. The van der Waals surface area contributed by atoms with Crippen molar-refractivity contribution in [3.05, 3.63) is 38.2 Å². The van der Waals surface area contributed by atoms with Crippen molar-refractivity contribution in [2.24, 2.45) is 0 Å². The summed E-state index contributed by atoms with van der Waals surface area (Å²) in [7, 11) is 0. The van der Waals surface area contributed by atoms with Crippen molar-refractivity contribution < 1.29 is 8.78 Å². The molecule has 0 unspecified atom stereocenters. The second-order valence-electron chi connectivity index (χ2n) is 3.03. The van der Waals surface area contributed by atoms with Crippen molar-refractivity contribution >= 4 is 27.0 Å². The van der Waals surface area contributed by atoms with E-state index >= 15 is 0 Å². The first-order chi connectivity index (χ1) is 7.00. The average molecular weight is 275 g/mol. The Morgan fingerprint density at radius 1 is 1.47 bits per heavy atom. The number of benzene rings is 1. The van der Waals surface area contributed by atoms with Gasteiger partial charge in [0, 0.05) is 6.07 Å². The van der Waals surface area contributed by atoms with Gasteiger partial charge in [-0.2, -0.15) is 0 Å². The molecule has 3 nitrogen and oxygen atoms in total. The Kier molecular flexibility index (Phi) is 2.30. The Morgan fingerprint density at radius 2 is 2.13 bits per heavy atom. The summed E-state index contributed by atoms with van der Waals surface area (Å²) >= 11 is 2.74. The summed E-state index contributed by atoms with van der Waals surface area (Å²) in [5.74, 6) is -1.60. The molecule has 0 saturated carbocycles. The summed E-state index contributed by atoms with van der Waals surface area (Å²) in [6.07, 6.45) is 0. The lowest BCUT2D eigenvalue weighted by atomic mass is 10.2. The first-order valence-corrected chi connectivity index (χ1v) is 4.84. The van der Waals surface area contributed by atoms with Crippen LogP contribution >= 0.6 is 15.9 Å². The second kappa shape index (κ2) is 3.37. The van der Waals surface area contributed by atoms with Gasteiger partial charge in [0.25, 0.3) is 5.56 Å². The van der Waals surface area contributed by atoms with E-state index in [0.717, 1.165) is 6.07 Å². The van der Waals surface area contributed by atoms with Crippen LogP contribution in [0, 0.1) is 18.6 Å². The fraction of sp³-hybridized carbons (Fsp3) is 0.111. The molecule has 0 spiro atoms. The molecule has 0 amide bonds. The molecule has 0 radical (unpaired) electrons. The van der Waals surface area contributed by atoms with E-state index < -0.39 is 17.2 Å². The van der Waals surface area contributed by atoms with Crippen molar-refractivity contribution in [2.45, 2.75) is 6.92 Å². The standard InChI is InChI=1S/C9H5BrF2N2O/c1-3-9(15)14-8-5(13-3)2-4(11)6(10)7(8)12/h2H,1H3,(H,14,15). The Labute approximate surface area is 91.3 Å². The van der Waals surface area contributed by atoms with E-state index in [1.165, 1.54) is 6.92 Å². The molecule has 2 rings (SSSR count). The molecular formula is C9H5BrF2N2O. The summed E-state index contributed by atoms with van der Waals surface area (Å²) in [4.78, 5) is 17.3. The van der Waals surface area contributed by atoms with Gasteiger partial charge < -0.3 is 4.98 Å². The fourth-order valence-electron chi connectivity index (χ4n) is 1.23. The SMILES string of the molecule is Cc1nc2cc(F)c(Br)c(F)c2[nH]c1=O. The number of nitrogens with one attached hydrogen (secondary N) is 1. The number of H-pyrrole nitrogens is 1. The van der Waals surface area contributed by atoms with Crippen molar-refractivity contribution in [3.8, 4) is 0 Å². The van der Waals surface area contributed by atoms with Crippen LogP contribution < -0.4 is 5.56 Å². The third kappa shape index (κ3) is 1.54. The Bertz CT molecular complexity index is 609. The number of halogens is 3. The zero-order valence-electron chi connectivity index (χ0n) is 7.57. The molecule has 1 aromatic heterocycles. The highest BCUT2D eigenvalue weighted by Crippen LogP contribution is 2.24. The number of fused-ring (bicyclic) bond motifs is 1. The maximum absolute atomic E-state index is 13.5. The van der Waals surface area contributed by atoms with Gasteiger partial charge >= 0.3 is 0 Å². The van der Waals surface area contributed by atoms with Crippen molar-refractivity contribution in [1.82, 2.24) is 9.97 Å². The molecule has 0 fully saturated rings. The molecule has 15 heavy (non-hydrogen) atoms. The molecular weight excluding hydrogens is 270 g/mol. The first kappa shape index (κ1) is 10.2. The highest BCUT2D eigenvalue weighted by atomic mass is 79.9. The summed E-state index contributed by atoms with van der Waals surface area (Å²) in [5, 5.41) is 0. The van der Waals surface area contributed by atoms with Gasteiger partial charge in [-0.15, -0.1) is 0 Å². The first-order valence-electron chi connectivity index (χ1n) is 4.05. The molecule has 0 atom stereocenters. The minimum Gasteiger partial charge on any atom is -0.317 e. The maximum Gasteiger partial charge on any atom is 0.269 e. The van der Waals surface area contributed by atoms with Crippen molar-refractivity contribution in [1.29, 1.82) is 0 Å². The van der Waals surface area contributed by atoms with Gasteiger partial charge in [-0.25, -0.2) is 13.8 Å². The average Bonchev–Trinajstić information content (AvgIpc) is 2.19. The summed E-state index contributed by atoms with van der Waals surface area (Å²) in [5.41, 5.74) is -0.326. The number of hydrogen-bond acceptors (Lipinski definition) is 2. The predicted octanol–water partition coefficient (Wildman–Crippen LogP) is 2.27. The van der Waals surface area contributed by atoms with Gasteiger partial charge in [0.15, 0.2) is 5.82 Å². The summed E-state index contributed by atoms with van der Waals surface area (Å²) < 4.78 is 26.3. The van der Waals surface area contributed by atoms with Crippen LogP contribution in [-0.2, 0) is 0 Å². The minimum absolute atomic E-state index is 0.0882. The molecule has 0 aliphatic carbocycles. The third-order valence-corrected chi connectivity index (χ3v) is 2.72. The highest BCUT2D eigenvalue weighted by Gasteiger charge is 2.13. The highest BCUT2D eigenvalue weighted by molar-refractivity contribution is 9.10. The van der Waals surface area contributed by atoms with Crippen LogP contribution in [0.5, 0.6) is 0 Å². The summed E-state index contributed by atoms with van der Waals surface area (Å²) in [6.45, 7) is 1.47. The van der Waals surface area contributed by atoms with Gasteiger partial charge in [-0.1, -0.05) is 0 Å². The molecule has 1 heterocycles. The molecule has 0 bridgehead atoms. The topological polar surface area (TPSA) is 45.8 Å². The van der Waals surface area contributed by atoms with Crippen LogP contribution in [0.1, 0.15) is 5.69 Å². The number of aromatic amines is 1. The number of aromatic nitrogens is 2. The van der Waals surface area contributed by atoms with Crippen molar-refractivity contribution in [2.75, 3.05) is 0 Å². The Balaban J connectivity index is 3.00. The number of rotatable bonds is 0. The van der Waals surface area contributed by atoms with Gasteiger partial charge in [0.05, 0.1) is 9.99 Å². The van der Waals surface area contributed by atoms with Gasteiger partial charge in [-0.3, -0.25) is 4.79 Å². The molecule has 0 aliphatic rings. The minimum atomic E-state index is -0.852. The van der Waals surface area contributed by atoms with Gasteiger partial charge in [0.2, 0.25) is 0 Å². The van der Waals surface area contributed by atoms with Crippen LogP contribution in [0.4, 0.5) is 8.78 Å². The molecule has 78 valence electrons. The van der Waals surface area contributed by atoms with E-state index in [2.05, 4.69) is 25.9 Å². The zero-order valence-corrected chi connectivity index (χ0v) is 9.15. The third-order valence-electron chi connectivity index (χ3n) is 2.00. The normalized spacial score (nSPS) is 10.9. The van der Waals surface area contributed by atoms with Crippen LogP contribution in [0.15, 0.2) is 15.3 Å². The number of hydrogen-bond donors (Lipinski definition) is 1. The quantitative estimate of drug-likeness (QED) is 0.750. The largest absolute Gasteiger partial charge is 0.317 e. The lowest BCUT2D eigenvalue weighted by molar-refractivity contribution is 0.578. The molecule has 1 aromatic carbocycles. The number of nitrogens with zero attached hydrogens (tertiary/aromatic N) is 1. The van der Waals surface area contributed by atoms with Crippen LogP contribution in [-0.4, -0.2) is 9.97 Å². The van der Waals surface area contributed by atoms with Crippen molar-refractivity contribution in [3.63, 3.8) is 0 Å². The molecule has 6 heteroatoms. The van der Waals surface area contributed by atoms with Crippen LogP contribution in [0.25, 0.3) is 11.0 Å². The second-order valence-corrected chi connectivity index (χ2v) is 3.82. The van der Waals surface area contributed by atoms with E-state index in [9.17, 15) is 13.6 Å². The fourth-order valence-corrected chi connectivity index (χ4v) is 1.54. The Morgan fingerprint density at radius 3 is 2.80 bits per heavy atom. The molecule has 0 saturated heterocycles. The van der Waals surface area contributed by atoms with E-state index in [-0.39, 0.29) is 21.2 Å². The molecule has 1 N–H and O–H groups in total.